The van der Waals surface area contributed by atoms with Crippen LogP contribution < -0.4 is 5.43 Å². The Morgan fingerprint density at radius 2 is 2.10 bits per heavy atom. The molecule has 2 aliphatic rings. The van der Waals surface area contributed by atoms with Gasteiger partial charge in [-0.05, 0) is 56.4 Å². The zero-order valence-corrected chi connectivity index (χ0v) is 18.9. The number of rotatable bonds is 6. The summed E-state index contributed by atoms with van der Waals surface area (Å²) in [5.74, 6) is 0.299. The molecule has 2 fully saturated rings. The van der Waals surface area contributed by atoms with Crippen molar-refractivity contribution < 1.29 is 14.3 Å². The summed E-state index contributed by atoms with van der Waals surface area (Å²) in [6.07, 6.45) is 5.30. The number of hydrazone groups is 1. The topological polar surface area (TPSA) is 111 Å². The summed E-state index contributed by atoms with van der Waals surface area (Å²) in [5, 5.41) is 8.54. The summed E-state index contributed by atoms with van der Waals surface area (Å²) in [5.41, 5.74) is 6.48. The van der Waals surface area contributed by atoms with Gasteiger partial charge >= 0.3 is 5.97 Å². The Labute approximate surface area is 181 Å². The van der Waals surface area contributed by atoms with E-state index in [0.29, 0.717) is 18.1 Å². The fourth-order valence-electron chi connectivity index (χ4n) is 5.22. The van der Waals surface area contributed by atoms with Crippen molar-refractivity contribution in [2.24, 2.45) is 21.8 Å². The number of hydrogen-bond donors (Lipinski definition) is 1. The predicted octanol–water partition coefficient (Wildman–Crippen LogP) is 2.54. The number of ether oxygens (including phenoxy) is 1. The van der Waals surface area contributed by atoms with Gasteiger partial charge in [-0.25, -0.2) is 14.9 Å². The Bertz CT molecular complexity index is 1070. The monoisotopic (exact) mass is 426 g/mol. The third kappa shape index (κ3) is 3.59. The number of nitrogens with zero attached hydrogens (tertiary/aromatic N) is 5. The minimum Gasteiger partial charge on any atom is -0.455 e. The van der Waals surface area contributed by atoms with Crippen molar-refractivity contribution in [3.63, 3.8) is 0 Å². The molecule has 0 saturated heterocycles. The maximum Gasteiger partial charge on any atom is 0.306 e. The molecule has 2 aliphatic carbocycles. The van der Waals surface area contributed by atoms with Crippen LogP contribution in [-0.4, -0.2) is 43.8 Å². The highest BCUT2D eigenvalue weighted by Crippen LogP contribution is 2.63. The maximum absolute atomic E-state index is 12.2. The van der Waals surface area contributed by atoms with E-state index < -0.39 is 11.9 Å². The van der Waals surface area contributed by atoms with E-state index in [1.807, 2.05) is 13.8 Å². The highest BCUT2D eigenvalue weighted by Gasteiger charge is 2.60. The first-order chi connectivity index (χ1) is 14.6. The van der Waals surface area contributed by atoms with E-state index in [1.54, 1.807) is 4.52 Å². The number of aromatic nitrogens is 4. The third-order valence-corrected chi connectivity index (χ3v) is 7.76. The number of aryl methyl sites for hydroxylation is 2. The first kappa shape index (κ1) is 21.4. The number of fused-ring (bicyclic) bond motifs is 3. The van der Waals surface area contributed by atoms with Crippen LogP contribution in [0.1, 0.15) is 63.4 Å². The molecule has 2 bridgehead atoms. The van der Waals surface area contributed by atoms with Crippen LogP contribution in [0.5, 0.6) is 0 Å². The van der Waals surface area contributed by atoms with Crippen molar-refractivity contribution in [1.82, 2.24) is 25.0 Å². The molecule has 0 aromatic carbocycles. The van der Waals surface area contributed by atoms with Gasteiger partial charge < -0.3 is 4.74 Å². The van der Waals surface area contributed by atoms with Gasteiger partial charge in [-0.1, -0.05) is 20.8 Å². The lowest BCUT2D eigenvalue weighted by Crippen LogP contribution is -2.34. The zero-order chi connectivity index (χ0) is 22.4. The molecule has 0 spiro atoms. The lowest BCUT2D eigenvalue weighted by atomic mass is 9.70. The van der Waals surface area contributed by atoms with E-state index in [2.05, 4.69) is 46.4 Å². The second kappa shape index (κ2) is 7.69. The van der Waals surface area contributed by atoms with Gasteiger partial charge in [-0.3, -0.25) is 9.59 Å². The molecule has 2 saturated carbocycles. The van der Waals surface area contributed by atoms with Crippen molar-refractivity contribution in [2.75, 3.05) is 6.61 Å². The Hall–Kier alpha value is -2.84. The molecule has 1 amide bonds. The van der Waals surface area contributed by atoms with Gasteiger partial charge in [0, 0.05) is 28.9 Å². The number of carbonyl (C=O) groups excluding carboxylic acids is 2. The number of amides is 1. The molecule has 2 unspecified atom stereocenters. The first-order valence-electron chi connectivity index (χ1n) is 10.8. The molecule has 2 heterocycles. The van der Waals surface area contributed by atoms with Crippen LogP contribution in [0.2, 0.25) is 0 Å². The summed E-state index contributed by atoms with van der Waals surface area (Å²) >= 11 is 0. The third-order valence-electron chi connectivity index (χ3n) is 7.76. The maximum atomic E-state index is 12.2. The molecule has 2 atom stereocenters. The Morgan fingerprint density at radius 1 is 1.32 bits per heavy atom. The van der Waals surface area contributed by atoms with Crippen LogP contribution in [0, 0.1) is 30.6 Å². The largest absolute Gasteiger partial charge is 0.455 e. The molecule has 1 N–H and O–H groups in total. The lowest BCUT2D eigenvalue weighted by Gasteiger charge is -2.34. The molecule has 0 radical (unpaired) electrons. The van der Waals surface area contributed by atoms with Crippen molar-refractivity contribution in [2.45, 2.75) is 66.7 Å². The van der Waals surface area contributed by atoms with Gasteiger partial charge in [0.15, 0.2) is 6.61 Å². The number of esters is 1. The van der Waals surface area contributed by atoms with E-state index in [4.69, 9.17) is 4.74 Å². The number of carbonyl (C=O) groups is 2. The second-order valence-corrected chi connectivity index (χ2v) is 9.48. The van der Waals surface area contributed by atoms with E-state index >= 15 is 0 Å². The van der Waals surface area contributed by atoms with Gasteiger partial charge in [-0.2, -0.15) is 15.2 Å². The minimum atomic E-state index is -0.437. The summed E-state index contributed by atoms with van der Waals surface area (Å²) in [4.78, 5) is 32.8. The molecule has 9 nitrogen and oxygen atoms in total. The molecular weight excluding hydrogens is 396 g/mol. The molecule has 31 heavy (non-hydrogen) atoms. The highest BCUT2D eigenvalue weighted by atomic mass is 16.5. The first-order valence-corrected chi connectivity index (χ1v) is 10.8. The number of nitrogens with one attached hydrogen (secondary N) is 1. The van der Waals surface area contributed by atoms with Gasteiger partial charge in [0.2, 0.25) is 0 Å². The number of hydrogen-bond acceptors (Lipinski definition) is 7. The van der Waals surface area contributed by atoms with Gasteiger partial charge in [-0.15, -0.1) is 0 Å². The van der Waals surface area contributed by atoms with Crippen LogP contribution in [0.3, 0.4) is 0 Å². The smallest absolute Gasteiger partial charge is 0.306 e. The van der Waals surface area contributed by atoms with Crippen LogP contribution in [0.25, 0.3) is 5.78 Å². The van der Waals surface area contributed by atoms with Crippen molar-refractivity contribution in [3.8, 4) is 0 Å². The molecule has 2 aromatic heterocycles. The summed E-state index contributed by atoms with van der Waals surface area (Å²) < 4.78 is 6.80. The van der Waals surface area contributed by atoms with E-state index in [-0.39, 0.29) is 23.9 Å². The normalized spacial score (nSPS) is 25.3. The van der Waals surface area contributed by atoms with Gasteiger partial charge in [0.1, 0.15) is 6.33 Å². The predicted molar refractivity (Wildman–Crippen MR) is 114 cm³/mol. The average Bonchev–Trinajstić information content (AvgIpc) is 3.32. The van der Waals surface area contributed by atoms with Crippen LogP contribution in [-0.2, 0) is 20.7 Å². The molecular formula is C22H30N6O3. The molecule has 4 rings (SSSR count). The standard InChI is InChI=1S/C22H30N6O3/c1-13-16(14(2)28-20(25-13)23-12-24-28)6-7-19(30)31-11-18(29)27-26-17-10-15-8-9-22(17,5)21(15,3)4/h12,15H,6-11H2,1-5H3,(H,27,29)/b26-17+. The summed E-state index contributed by atoms with van der Waals surface area (Å²) in [6, 6.07) is 0. The van der Waals surface area contributed by atoms with Crippen molar-refractivity contribution in [1.29, 1.82) is 0 Å². The van der Waals surface area contributed by atoms with Crippen molar-refractivity contribution >= 4 is 23.4 Å². The quantitative estimate of drug-likeness (QED) is 0.561. The summed E-state index contributed by atoms with van der Waals surface area (Å²) in [7, 11) is 0. The Balaban J connectivity index is 1.28. The van der Waals surface area contributed by atoms with Crippen molar-refractivity contribution in [3.05, 3.63) is 23.3 Å². The highest BCUT2D eigenvalue weighted by molar-refractivity contribution is 5.95. The molecule has 166 valence electrons. The lowest BCUT2D eigenvalue weighted by molar-refractivity contribution is -0.148. The second-order valence-electron chi connectivity index (χ2n) is 9.48. The molecule has 2 aromatic rings. The summed E-state index contributed by atoms with van der Waals surface area (Å²) in [6.45, 7) is 10.3. The molecule has 9 heteroatoms. The van der Waals surface area contributed by atoms with Gasteiger partial charge in [0.25, 0.3) is 11.7 Å². The van der Waals surface area contributed by atoms with Crippen LogP contribution in [0.15, 0.2) is 11.4 Å². The SMILES string of the molecule is Cc1nc2ncnn2c(C)c1CCC(=O)OCC(=O)N/N=C1\CC2CCC1(C)C2(C)C. The van der Waals surface area contributed by atoms with Gasteiger partial charge in [0.05, 0.1) is 0 Å². The van der Waals surface area contributed by atoms with Crippen LogP contribution in [0.4, 0.5) is 0 Å². The van der Waals surface area contributed by atoms with E-state index in [9.17, 15) is 9.59 Å². The zero-order valence-electron chi connectivity index (χ0n) is 18.9. The fourth-order valence-corrected chi connectivity index (χ4v) is 5.22. The van der Waals surface area contributed by atoms with Crippen LogP contribution >= 0.6 is 0 Å². The van der Waals surface area contributed by atoms with E-state index in [1.165, 1.54) is 12.7 Å². The Morgan fingerprint density at radius 3 is 2.77 bits per heavy atom. The van der Waals surface area contributed by atoms with E-state index in [0.717, 1.165) is 35.5 Å². The Kier molecular flexibility index (Phi) is 5.31. The minimum absolute atomic E-state index is 0.0244. The fraction of sp³-hybridized carbons (Fsp3) is 0.636. The average molecular weight is 427 g/mol. The molecule has 0 aliphatic heterocycles.